The lowest BCUT2D eigenvalue weighted by Gasteiger charge is -2.23. The predicted molar refractivity (Wildman–Crippen MR) is 103 cm³/mol. The Balaban J connectivity index is 2.24. The molecule has 9 heteroatoms. The molecule has 27 heavy (non-hydrogen) atoms. The number of nitrogens with zero attached hydrogens (tertiary/aromatic N) is 2. The van der Waals surface area contributed by atoms with Crippen LogP contribution in [0, 0.1) is 20.8 Å². The van der Waals surface area contributed by atoms with Crippen LogP contribution in [0.15, 0.2) is 28.3 Å². The molecule has 1 N–H and O–H groups in total. The second kappa shape index (κ2) is 7.91. The molecule has 0 aromatic heterocycles. The second-order valence-corrected chi connectivity index (χ2v) is 7.83. The lowest BCUT2D eigenvalue weighted by molar-refractivity contribution is -0.138. The average molecular weight is 393 g/mol. The Morgan fingerprint density at radius 1 is 1.15 bits per heavy atom. The number of rotatable bonds is 5. The molecule has 0 fully saturated rings. The van der Waals surface area contributed by atoms with Crippen molar-refractivity contribution < 1.29 is 22.7 Å². The number of carbonyl (C=O) groups excluding carboxylic acids is 2. The minimum absolute atomic E-state index is 0.00201. The molecule has 1 aromatic carbocycles. The van der Waals surface area contributed by atoms with Gasteiger partial charge in [-0.15, -0.1) is 4.40 Å². The molecule has 8 nitrogen and oxygen atoms in total. The molecule has 1 aromatic rings. The van der Waals surface area contributed by atoms with Gasteiger partial charge in [0.25, 0.3) is 0 Å². The smallest absolute Gasteiger partial charge is 0.344 e. The fraction of sp³-hybridized carbons (Fsp3) is 0.389. The number of nitrogens with one attached hydrogen (secondary N) is 1. The van der Waals surface area contributed by atoms with E-state index < -0.39 is 28.6 Å². The minimum Gasteiger partial charge on any atom is -0.462 e. The topological polar surface area (TPSA) is 105 Å². The molecule has 1 aliphatic heterocycles. The monoisotopic (exact) mass is 393 g/mol. The summed E-state index contributed by atoms with van der Waals surface area (Å²) in [6.07, 6.45) is 1.09. The fourth-order valence-corrected chi connectivity index (χ4v) is 3.88. The van der Waals surface area contributed by atoms with Gasteiger partial charge in [-0.2, -0.15) is 8.42 Å². The first-order valence-corrected chi connectivity index (χ1v) is 9.80. The van der Waals surface area contributed by atoms with Crippen molar-refractivity contribution in [1.29, 1.82) is 0 Å². The maximum Gasteiger partial charge on any atom is 0.344 e. The van der Waals surface area contributed by atoms with E-state index in [1.165, 1.54) is 6.92 Å². The summed E-state index contributed by atoms with van der Waals surface area (Å²) < 4.78 is 33.7. The standard InChI is InChI=1S/C18H23N3O5S/c1-6-26-18(23)15-9-21(27(24,25)20-14(15)5)10-16(22)19-17-12(3)7-11(2)8-13(17)4/h7-9H,6,10H2,1-5H3,(H,19,22). The van der Waals surface area contributed by atoms with Crippen molar-refractivity contribution in [1.82, 2.24) is 4.31 Å². The first-order valence-electron chi connectivity index (χ1n) is 8.40. The first kappa shape index (κ1) is 20.6. The van der Waals surface area contributed by atoms with Gasteiger partial charge in [0.1, 0.15) is 6.54 Å². The lowest BCUT2D eigenvalue weighted by Crippen LogP contribution is -2.37. The van der Waals surface area contributed by atoms with Crippen LogP contribution in [0.25, 0.3) is 0 Å². The zero-order chi connectivity index (χ0) is 20.4. The lowest BCUT2D eigenvalue weighted by atomic mass is 10.1. The van der Waals surface area contributed by atoms with E-state index in [-0.39, 0.29) is 17.9 Å². The molecular weight excluding hydrogens is 370 g/mol. The molecule has 0 bridgehead atoms. The van der Waals surface area contributed by atoms with E-state index in [9.17, 15) is 18.0 Å². The number of anilines is 1. The van der Waals surface area contributed by atoms with Crippen LogP contribution in [0.2, 0.25) is 0 Å². The molecule has 146 valence electrons. The van der Waals surface area contributed by atoms with Crippen LogP contribution >= 0.6 is 0 Å². The van der Waals surface area contributed by atoms with Gasteiger partial charge >= 0.3 is 16.2 Å². The summed E-state index contributed by atoms with van der Waals surface area (Å²) in [5, 5.41) is 2.73. The highest BCUT2D eigenvalue weighted by atomic mass is 32.2. The Hall–Kier alpha value is -2.68. The summed E-state index contributed by atoms with van der Waals surface area (Å²) in [6, 6.07) is 3.85. The number of hydrogen-bond donors (Lipinski definition) is 1. The van der Waals surface area contributed by atoms with Crippen molar-refractivity contribution in [2.45, 2.75) is 34.6 Å². The molecule has 1 amide bonds. The van der Waals surface area contributed by atoms with Gasteiger partial charge in [0, 0.05) is 11.9 Å². The quantitative estimate of drug-likeness (QED) is 0.771. The zero-order valence-electron chi connectivity index (χ0n) is 16.0. The minimum atomic E-state index is -4.09. The highest BCUT2D eigenvalue weighted by Crippen LogP contribution is 2.22. The van der Waals surface area contributed by atoms with Crippen LogP contribution in [-0.4, -0.2) is 43.5 Å². The summed E-state index contributed by atoms with van der Waals surface area (Å²) in [5.41, 5.74) is 3.47. The van der Waals surface area contributed by atoms with Crippen LogP contribution in [-0.2, 0) is 24.5 Å². The van der Waals surface area contributed by atoms with Gasteiger partial charge in [-0.3, -0.25) is 4.79 Å². The molecule has 0 atom stereocenters. The van der Waals surface area contributed by atoms with E-state index >= 15 is 0 Å². The number of hydrogen-bond acceptors (Lipinski definition) is 5. The van der Waals surface area contributed by atoms with Crippen molar-refractivity contribution in [3.8, 4) is 0 Å². The van der Waals surface area contributed by atoms with E-state index in [1.54, 1.807) is 6.92 Å². The molecule has 0 aliphatic carbocycles. The number of benzene rings is 1. The molecule has 0 unspecified atom stereocenters. The highest BCUT2D eigenvalue weighted by molar-refractivity contribution is 7.88. The molecule has 0 radical (unpaired) electrons. The maximum atomic E-state index is 12.4. The van der Waals surface area contributed by atoms with Crippen LogP contribution in [0.3, 0.4) is 0 Å². The second-order valence-electron chi connectivity index (χ2n) is 6.28. The van der Waals surface area contributed by atoms with Crippen molar-refractivity contribution in [2.24, 2.45) is 4.40 Å². The van der Waals surface area contributed by atoms with E-state index in [0.29, 0.717) is 5.69 Å². The summed E-state index contributed by atoms with van der Waals surface area (Å²) in [4.78, 5) is 24.4. The number of ether oxygens (including phenoxy) is 1. The van der Waals surface area contributed by atoms with Crippen molar-refractivity contribution in [3.05, 3.63) is 40.6 Å². The van der Waals surface area contributed by atoms with Gasteiger partial charge in [0.15, 0.2) is 0 Å². The van der Waals surface area contributed by atoms with Gasteiger partial charge in [-0.25, -0.2) is 9.10 Å². The number of aryl methyl sites for hydroxylation is 3. The summed E-state index contributed by atoms with van der Waals surface area (Å²) >= 11 is 0. The summed E-state index contributed by atoms with van der Waals surface area (Å²) in [6.45, 7) is 8.35. The summed E-state index contributed by atoms with van der Waals surface area (Å²) in [7, 11) is -4.09. The Labute approximate surface area is 159 Å². The summed E-state index contributed by atoms with van der Waals surface area (Å²) in [5.74, 6) is -1.23. The predicted octanol–water partition coefficient (Wildman–Crippen LogP) is 2.02. The average Bonchev–Trinajstić information content (AvgIpc) is 2.53. The highest BCUT2D eigenvalue weighted by Gasteiger charge is 2.30. The first-order chi connectivity index (χ1) is 12.5. The number of amides is 1. The normalized spacial score (nSPS) is 15.7. The number of esters is 1. The van der Waals surface area contributed by atoms with Gasteiger partial charge in [0.05, 0.1) is 17.9 Å². The molecule has 0 saturated heterocycles. The van der Waals surface area contributed by atoms with Gasteiger partial charge in [0.2, 0.25) is 5.91 Å². The van der Waals surface area contributed by atoms with Crippen LogP contribution in [0.5, 0.6) is 0 Å². The van der Waals surface area contributed by atoms with Crippen LogP contribution in [0.1, 0.15) is 30.5 Å². The van der Waals surface area contributed by atoms with E-state index in [1.807, 2.05) is 32.9 Å². The van der Waals surface area contributed by atoms with Gasteiger partial charge < -0.3 is 10.1 Å². The van der Waals surface area contributed by atoms with E-state index in [4.69, 9.17) is 4.74 Å². The molecular formula is C18H23N3O5S. The molecule has 0 spiro atoms. The number of carbonyl (C=O) groups is 2. The van der Waals surface area contributed by atoms with Crippen LogP contribution in [0.4, 0.5) is 5.69 Å². The van der Waals surface area contributed by atoms with E-state index in [2.05, 4.69) is 9.71 Å². The Bertz CT molecular complexity index is 925. The fourth-order valence-electron chi connectivity index (χ4n) is 2.81. The van der Waals surface area contributed by atoms with Crippen molar-refractivity contribution in [2.75, 3.05) is 18.5 Å². The van der Waals surface area contributed by atoms with E-state index in [0.717, 1.165) is 27.2 Å². The largest absolute Gasteiger partial charge is 0.462 e. The van der Waals surface area contributed by atoms with Crippen molar-refractivity contribution >= 4 is 33.5 Å². The Kier molecular flexibility index (Phi) is 6.04. The van der Waals surface area contributed by atoms with Gasteiger partial charge in [-0.1, -0.05) is 17.7 Å². The molecule has 0 saturated carbocycles. The molecule has 1 aliphatic rings. The third-order valence-corrected chi connectivity index (χ3v) is 5.28. The molecule has 2 rings (SSSR count). The van der Waals surface area contributed by atoms with Crippen LogP contribution < -0.4 is 5.32 Å². The Morgan fingerprint density at radius 2 is 1.74 bits per heavy atom. The molecule has 1 heterocycles. The third kappa shape index (κ3) is 4.73. The van der Waals surface area contributed by atoms with Crippen molar-refractivity contribution in [3.63, 3.8) is 0 Å². The van der Waals surface area contributed by atoms with Gasteiger partial charge in [-0.05, 0) is 45.7 Å². The maximum absolute atomic E-state index is 12.4. The Morgan fingerprint density at radius 3 is 2.30 bits per heavy atom. The third-order valence-electron chi connectivity index (χ3n) is 3.95. The zero-order valence-corrected chi connectivity index (χ0v) is 16.8. The SMILES string of the molecule is CCOC(=O)C1=CN(CC(=O)Nc2c(C)cc(C)cc2C)S(=O)(=O)N=C1C.